The number of hydrogen-bond donors (Lipinski definition) is 1. The minimum Gasteiger partial charge on any atom is -0.375 e. The number of hydrogen-bond acceptors (Lipinski definition) is 5. The lowest BCUT2D eigenvalue weighted by Crippen LogP contribution is -2.47. The van der Waals surface area contributed by atoms with Crippen molar-refractivity contribution >= 4 is 16.5 Å². The highest BCUT2D eigenvalue weighted by atomic mass is 32.1. The minimum atomic E-state index is 0.303. The highest BCUT2D eigenvalue weighted by molar-refractivity contribution is 7.15. The molecule has 1 aromatic rings. The van der Waals surface area contributed by atoms with Crippen molar-refractivity contribution in [2.24, 2.45) is 0 Å². The van der Waals surface area contributed by atoms with Crippen LogP contribution < -0.4 is 10.2 Å². The molecule has 19 heavy (non-hydrogen) atoms. The molecule has 0 aromatic carbocycles. The van der Waals surface area contributed by atoms with E-state index in [9.17, 15) is 0 Å². The van der Waals surface area contributed by atoms with E-state index in [2.05, 4.69) is 24.1 Å². The fourth-order valence-electron chi connectivity index (χ4n) is 2.98. The third-order valence-corrected chi connectivity index (χ3v) is 5.31. The summed E-state index contributed by atoms with van der Waals surface area (Å²) in [7, 11) is 2.04. The van der Waals surface area contributed by atoms with Crippen molar-refractivity contribution in [1.29, 1.82) is 0 Å². The molecule has 1 N–H and O–H groups in total. The number of morpholine rings is 1. The normalized spacial score (nSPS) is 31.3. The van der Waals surface area contributed by atoms with Crippen molar-refractivity contribution in [2.45, 2.75) is 51.3 Å². The molecule has 106 valence electrons. The first-order valence-electron chi connectivity index (χ1n) is 7.24. The van der Waals surface area contributed by atoms with Gasteiger partial charge in [-0.05, 0) is 40.2 Å². The number of aryl methyl sites for hydroxylation is 1. The fraction of sp³-hybridized carbons (Fsp3) is 0.786. The van der Waals surface area contributed by atoms with Gasteiger partial charge in [0.25, 0.3) is 0 Å². The Labute approximate surface area is 119 Å². The summed E-state index contributed by atoms with van der Waals surface area (Å²) in [6, 6.07) is 0.874. The van der Waals surface area contributed by atoms with Gasteiger partial charge < -0.3 is 15.0 Å². The molecule has 1 aliphatic heterocycles. The predicted molar refractivity (Wildman–Crippen MR) is 79.1 cm³/mol. The number of aromatic nitrogens is 1. The number of nitrogens with zero attached hydrogens (tertiary/aromatic N) is 2. The van der Waals surface area contributed by atoms with E-state index in [1.54, 1.807) is 0 Å². The van der Waals surface area contributed by atoms with E-state index in [0.29, 0.717) is 18.2 Å². The lowest BCUT2D eigenvalue weighted by atomic mass is 9.98. The van der Waals surface area contributed by atoms with Gasteiger partial charge >= 0.3 is 0 Å². The van der Waals surface area contributed by atoms with Crippen LogP contribution in [0.25, 0.3) is 0 Å². The van der Waals surface area contributed by atoms with Gasteiger partial charge in [0.1, 0.15) is 0 Å². The third-order valence-electron chi connectivity index (χ3n) is 4.14. The monoisotopic (exact) mass is 281 g/mol. The SMILES string of the molecule is CNC1CCCc2sc(N3CC(C)OCC3C)nc21. The smallest absolute Gasteiger partial charge is 0.186 e. The number of anilines is 1. The first-order chi connectivity index (χ1) is 9.19. The number of rotatable bonds is 2. The van der Waals surface area contributed by atoms with Crippen molar-refractivity contribution in [3.63, 3.8) is 0 Å². The van der Waals surface area contributed by atoms with Crippen LogP contribution in [-0.2, 0) is 11.2 Å². The van der Waals surface area contributed by atoms with Crippen molar-refractivity contribution in [3.05, 3.63) is 10.6 Å². The van der Waals surface area contributed by atoms with Crippen molar-refractivity contribution < 1.29 is 4.74 Å². The van der Waals surface area contributed by atoms with Crippen LogP contribution in [0.5, 0.6) is 0 Å². The van der Waals surface area contributed by atoms with Gasteiger partial charge in [-0.3, -0.25) is 0 Å². The van der Waals surface area contributed by atoms with Crippen molar-refractivity contribution in [2.75, 3.05) is 25.1 Å². The van der Waals surface area contributed by atoms with E-state index in [4.69, 9.17) is 9.72 Å². The Morgan fingerprint density at radius 3 is 3.05 bits per heavy atom. The molecule has 1 aromatic heterocycles. The molecule has 2 heterocycles. The highest BCUT2D eigenvalue weighted by Crippen LogP contribution is 2.37. The summed E-state index contributed by atoms with van der Waals surface area (Å²) in [6.07, 6.45) is 3.98. The molecular weight excluding hydrogens is 258 g/mol. The second-order valence-corrected chi connectivity index (χ2v) is 6.75. The molecule has 3 atom stereocenters. The Balaban J connectivity index is 1.87. The number of thiazole rings is 1. The van der Waals surface area contributed by atoms with Crippen LogP contribution in [0.1, 0.15) is 43.3 Å². The molecule has 0 saturated carbocycles. The quantitative estimate of drug-likeness (QED) is 0.903. The average molecular weight is 281 g/mol. The molecule has 5 heteroatoms. The fourth-order valence-corrected chi connectivity index (χ4v) is 4.25. The van der Waals surface area contributed by atoms with Crippen molar-refractivity contribution in [3.8, 4) is 0 Å². The summed E-state index contributed by atoms with van der Waals surface area (Å²) >= 11 is 1.89. The van der Waals surface area contributed by atoms with E-state index < -0.39 is 0 Å². The van der Waals surface area contributed by atoms with E-state index in [0.717, 1.165) is 13.2 Å². The van der Waals surface area contributed by atoms with Gasteiger partial charge in [0.15, 0.2) is 5.13 Å². The van der Waals surface area contributed by atoms with Gasteiger partial charge in [-0.25, -0.2) is 4.98 Å². The third kappa shape index (κ3) is 2.51. The summed E-state index contributed by atoms with van der Waals surface area (Å²) in [5.41, 5.74) is 1.29. The lowest BCUT2D eigenvalue weighted by molar-refractivity contribution is 0.0343. The highest BCUT2D eigenvalue weighted by Gasteiger charge is 2.29. The van der Waals surface area contributed by atoms with Crippen LogP contribution in [0.4, 0.5) is 5.13 Å². The van der Waals surface area contributed by atoms with Crippen molar-refractivity contribution in [1.82, 2.24) is 10.3 Å². The van der Waals surface area contributed by atoms with E-state index in [1.165, 1.54) is 35.0 Å². The zero-order chi connectivity index (χ0) is 13.4. The molecule has 0 spiro atoms. The predicted octanol–water partition coefficient (Wildman–Crippen LogP) is 2.35. The van der Waals surface area contributed by atoms with Gasteiger partial charge in [-0.15, -0.1) is 11.3 Å². The second kappa shape index (κ2) is 5.38. The van der Waals surface area contributed by atoms with E-state index >= 15 is 0 Å². The van der Waals surface area contributed by atoms with E-state index in [-0.39, 0.29) is 0 Å². The number of fused-ring (bicyclic) bond motifs is 1. The molecule has 0 bridgehead atoms. The molecule has 0 radical (unpaired) electrons. The average Bonchev–Trinajstić information content (AvgIpc) is 2.85. The molecular formula is C14H23N3OS. The van der Waals surface area contributed by atoms with Crippen LogP contribution >= 0.6 is 11.3 Å². The standard InChI is InChI=1S/C14H23N3OS/c1-9-8-18-10(2)7-17(9)14-16-13-11(15-3)5-4-6-12(13)19-14/h9-11,15H,4-8H2,1-3H3. The Morgan fingerprint density at radius 1 is 1.42 bits per heavy atom. The first-order valence-corrected chi connectivity index (χ1v) is 8.05. The molecule has 0 amide bonds. The van der Waals surface area contributed by atoms with Crippen LogP contribution in [0, 0.1) is 0 Å². The van der Waals surface area contributed by atoms with Crippen LogP contribution in [0.15, 0.2) is 0 Å². The molecule has 3 rings (SSSR count). The molecule has 2 aliphatic rings. The maximum absolute atomic E-state index is 5.71. The zero-order valence-electron chi connectivity index (χ0n) is 12.0. The Morgan fingerprint density at radius 2 is 2.26 bits per heavy atom. The molecule has 1 aliphatic carbocycles. The lowest BCUT2D eigenvalue weighted by Gasteiger charge is -2.36. The number of nitrogens with one attached hydrogen (secondary N) is 1. The first kappa shape index (κ1) is 13.3. The number of ether oxygens (including phenoxy) is 1. The molecule has 1 saturated heterocycles. The summed E-state index contributed by atoms with van der Waals surface area (Å²) < 4.78 is 5.71. The minimum absolute atomic E-state index is 0.303. The van der Waals surface area contributed by atoms with Gasteiger partial charge in [0, 0.05) is 11.4 Å². The second-order valence-electron chi connectivity index (χ2n) is 5.68. The van der Waals surface area contributed by atoms with Gasteiger partial charge in [0.05, 0.1) is 30.5 Å². The molecule has 4 nitrogen and oxygen atoms in total. The maximum Gasteiger partial charge on any atom is 0.186 e. The van der Waals surface area contributed by atoms with Crippen LogP contribution in [0.3, 0.4) is 0 Å². The van der Waals surface area contributed by atoms with Gasteiger partial charge in [0.2, 0.25) is 0 Å². The summed E-state index contributed by atoms with van der Waals surface area (Å²) in [5, 5.41) is 4.59. The summed E-state index contributed by atoms with van der Waals surface area (Å²) in [6.45, 7) is 6.13. The van der Waals surface area contributed by atoms with E-state index in [1.807, 2.05) is 18.4 Å². The van der Waals surface area contributed by atoms with Gasteiger partial charge in [-0.2, -0.15) is 0 Å². The van der Waals surface area contributed by atoms with Crippen LogP contribution in [-0.4, -0.2) is 37.3 Å². The Hall–Kier alpha value is -0.650. The maximum atomic E-state index is 5.71. The van der Waals surface area contributed by atoms with Gasteiger partial charge in [-0.1, -0.05) is 0 Å². The van der Waals surface area contributed by atoms with Crippen LogP contribution in [0.2, 0.25) is 0 Å². The topological polar surface area (TPSA) is 37.4 Å². The summed E-state index contributed by atoms with van der Waals surface area (Å²) in [5.74, 6) is 0. The largest absolute Gasteiger partial charge is 0.375 e. The molecule has 1 fully saturated rings. The zero-order valence-corrected chi connectivity index (χ0v) is 12.8. The Bertz CT molecular complexity index is 448. The summed E-state index contributed by atoms with van der Waals surface area (Å²) in [4.78, 5) is 8.84. The molecule has 3 unspecified atom stereocenters. The Kier molecular flexibility index (Phi) is 3.78.